The van der Waals surface area contributed by atoms with Gasteiger partial charge in [0, 0.05) is 23.1 Å². The number of benzene rings is 1. The second-order valence-electron chi connectivity index (χ2n) is 4.96. The number of carboxylic acids is 1. The normalized spacial score (nSPS) is 10.9. The number of aromatic nitrogens is 2. The van der Waals surface area contributed by atoms with Gasteiger partial charge in [-0.2, -0.15) is 0 Å². The van der Waals surface area contributed by atoms with Gasteiger partial charge in [0.2, 0.25) is 0 Å². The lowest BCUT2D eigenvalue weighted by Gasteiger charge is -2.05. The highest BCUT2D eigenvalue weighted by Gasteiger charge is 2.13. The maximum absolute atomic E-state index is 10.6. The van der Waals surface area contributed by atoms with E-state index in [1.807, 2.05) is 42.5 Å². The van der Waals surface area contributed by atoms with Crippen LogP contribution in [0.4, 0.5) is 0 Å². The summed E-state index contributed by atoms with van der Waals surface area (Å²) in [5.41, 5.74) is 4.00. The molecule has 2 heterocycles. The zero-order valence-electron chi connectivity index (χ0n) is 11.5. The van der Waals surface area contributed by atoms with E-state index in [1.165, 1.54) is 0 Å². The molecule has 106 valence electrons. The molecule has 4 nitrogen and oxygen atoms in total. The van der Waals surface area contributed by atoms with Crippen LogP contribution in [0.3, 0.4) is 0 Å². The van der Waals surface area contributed by atoms with Gasteiger partial charge < -0.3 is 14.9 Å². The number of aromatic amines is 1. The summed E-state index contributed by atoms with van der Waals surface area (Å²) in [6.45, 7) is 0. The zero-order chi connectivity index (χ0) is 14.7. The maximum Gasteiger partial charge on any atom is 0.0867 e. The minimum Gasteiger partial charge on any atom is -0.550 e. The van der Waals surface area contributed by atoms with E-state index in [-0.39, 0.29) is 6.42 Å². The van der Waals surface area contributed by atoms with Gasteiger partial charge in [-0.15, -0.1) is 0 Å². The number of hydrogen-bond donors (Lipinski definition) is 1. The quantitative estimate of drug-likeness (QED) is 0.779. The van der Waals surface area contributed by atoms with Gasteiger partial charge in [0.15, 0.2) is 0 Å². The Morgan fingerprint density at radius 2 is 1.95 bits per heavy atom. The molecule has 0 spiro atoms. The molecule has 0 radical (unpaired) electrons. The van der Waals surface area contributed by atoms with Crippen LogP contribution in [0.2, 0.25) is 0 Å². The standard InChI is InChI=1S/C17H16N2O2/c20-16(21)10-5-7-13-12-6-1-2-8-14(12)19-17(13)15-9-3-4-11-18-15/h1-4,6,8-9,11,19H,5,7,10H2,(H,20,21)/p-1. The Morgan fingerprint density at radius 1 is 1.14 bits per heavy atom. The number of hydrogen-bond acceptors (Lipinski definition) is 3. The minimum atomic E-state index is -1.01. The van der Waals surface area contributed by atoms with Crippen LogP contribution in [0.5, 0.6) is 0 Å². The van der Waals surface area contributed by atoms with E-state index in [1.54, 1.807) is 6.20 Å². The van der Waals surface area contributed by atoms with Crippen molar-refractivity contribution < 1.29 is 9.90 Å². The third-order valence-corrected chi connectivity index (χ3v) is 3.54. The van der Waals surface area contributed by atoms with Gasteiger partial charge in [0.25, 0.3) is 0 Å². The van der Waals surface area contributed by atoms with Gasteiger partial charge in [-0.25, -0.2) is 0 Å². The highest BCUT2D eigenvalue weighted by molar-refractivity contribution is 5.90. The van der Waals surface area contributed by atoms with Crippen molar-refractivity contribution in [2.75, 3.05) is 0 Å². The first-order valence-electron chi connectivity index (χ1n) is 6.96. The van der Waals surface area contributed by atoms with Crippen LogP contribution in [0.15, 0.2) is 48.7 Å². The Morgan fingerprint density at radius 3 is 2.71 bits per heavy atom. The van der Waals surface area contributed by atoms with Crippen molar-refractivity contribution in [3.8, 4) is 11.4 Å². The van der Waals surface area contributed by atoms with Crippen molar-refractivity contribution in [2.45, 2.75) is 19.3 Å². The molecule has 1 N–H and O–H groups in total. The molecule has 0 fully saturated rings. The number of nitrogens with zero attached hydrogens (tertiary/aromatic N) is 1. The Labute approximate surface area is 122 Å². The first kappa shape index (κ1) is 13.4. The first-order valence-corrected chi connectivity index (χ1v) is 6.96. The number of pyridine rings is 1. The summed E-state index contributed by atoms with van der Waals surface area (Å²) >= 11 is 0. The van der Waals surface area contributed by atoms with Crippen LogP contribution in [-0.4, -0.2) is 15.9 Å². The second kappa shape index (κ2) is 5.79. The van der Waals surface area contributed by atoms with Gasteiger partial charge in [0.05, 0.1) is 11.4 Å². The SMILES string of the molecule is O=C([O-])CCCc1c(-c2ccccn2)[nH]c2ccccc12. The van der Waals surface area contributed by atoms with E-state index in [0.29, 0.717) is 12.8 Å². The smallest absolute Gasteiger partial charge is 0.0867 e. The molecule has 0 atom stereocenters. The lowest BCUT2D eigenvalue weighted by molar-refractivity contribution is -0.305. The average Bonchev–Trinajstić information content (AvgIpc) is 2.87. The number of rotatable bonds is 5. The Kier molecular flexibility index (Phi) is 3.69. The van der Waals surface area contributed by atoms with Crippen molar-refractivity contribution in [3.63, 3.8) is 0 Å². The van der Waals surface area contributed by atoms with Gasteiger partial charge in [0.1, 0.15) is 0 Å². The number of carbonyl (C=O) groups excluding carboxylic acids is 1. The summed E-state index contributed by atoms with van der Waals surface area (Å²) in [7, 11) is 0. The fourth-order valence-corrected chi connectivity index (χ4v) is 2.60. The predicted molar refractivity (Wildman–Crippen MR) is 79.5 cm³/mol. The van der Waals surface area contributed by atoms with E-state index in [0.717, 1.165) is 27.9 Å². The topological polar surface area (TPSA) is 68.8 Å². The van der Waals surface area contributed by atoms with Crippen molar-refractivity contribution >= 4 is 16.9 Å². The molecule has 3 rings (SSSR count). The average molecular weight is 279 g/mol. The molecule has 0 amide bonds. The summed E-state index contributed by atoms with van der Waals surface area (Å²) in [4.78, 5) is 18.4. The highest BCUT2D eigenvalue weighted by Crippen LogP contribution is 2.30. The van der Waals surface area contributed by atoms with Gasteiger partial charge in [-0.05, 0) is 43.0 Å². The fourth-order valence-electron chi connectivity index (χ4n) is 2.60. The van der Waals surface area contributed by atoms with Crippen LogP contribution >= 0.6 is 0 Å². The number of para-hydroxylation sites is 1. The van der Waals surface area contributed by atoms with Crippen molar-refractivity contribution in [2.24, 2.45) is 0 Å². The van der Waals surface area contributed by atoms with Crippen LogP contribution in [-0.2, 0) is 11.2 Å². The number of aliphatic carboxylic acids is 1. The second-order valence-corrected chi connectivity index (χ2v) is 4.96. The van der Waals surface area contributed by atoms with E-state index < -0.39 is 5.97 Å². The van der Waals surface area contributed by atoms with E-state index in [9.17, 15) is 9.90 Å². The summed E-state index contributed by atoms with van der Waals surface area (Å²) in [5, 5.41) is 11.7. The van der Waals surface area contributed by atoms with Crippen molar-refractivity contribution in [1.82, 2.24) is 9.97 Å². The van der Waals surface area contributed by atoms with E-state index >= 15 is 0 Å². The molecule has 0 saturated heterocycles. The first-order chi connectivity index (χ1) is 10.3. The monoisotopic (exact) mass is 279 g/mol. The molecule has 0 aliphatic heterocycles. The molecular formula is C17H15N2O2-. The summed E-state index contributed by atoms with van der Waals surface area (Å²) < 4.78 is 0. The molecule has 0 unspecified atom stereocenters. The van der Waals surface area contributed by atoms with Gasteiger partial charge in [-0.1, -0.05) is 24.3 Å². The van der Waals surface area contributed by atoms with Crippen molar-refractivity contribution in [3.05, 3.63) is 54.2 Å². The zero-order valence-corrected chi connectivity index (χ0v) is 11.5. The van der Waals surface area contributed by atoms with Crippen LogP contribution < -0.4 is 5.11 Å². The molecule has 4 heteroatoms. The van der Waals surface area contributed by atoms with Gasteiger partial charge in [-0.3, -0.25) is 4.98 Å². The lowest BCUT2D eigenvalue weighted by atomic mass is 10.0. The minimum absolute atomic E-state index is 0.0706. The van der Waals surface area contributed by atoms with E-state index in [2.05, 4.69) is 9.97 Å². The number of aryl methyl sites for hydroxylation is 1. The number of fused-ring (bicyclic) bond motifs is 1. The van der Waals surface area contributed by atoms with Crippen LogP contribution in [0, 0.1) is 0 Å². The Balaban J connectivity index is 2.04. The van der Waals surface area contributed by atoms with Gasteiger partial charge >= 0.3 is 0 Å². The molecule has 0 saturated carbocycles. The molecule has 0 aliphatic carbocycles. The summed E-state index contributed by atoms with van der Waals surface area (Å²) in [6, 6.07) is 13.8. The molecule has 0 aliphatic rings. The Hall–Kier alpha value is -2.62. The van der Waals surface area contributed by atoms with E-state index in [4.69, 9.17) is 0 Å². The molecular weight excluding hydrogens is 264 g/mol. The largest absolute Gasteiger partial charge is 0.550 e. The molecule has 1 aromatic carbocycles. The third kappa shape index (κ3) is 2.79. The molecule has 21 heavy (non-hydrogen) atoms. The highest BCUT2D eigenvalue weighted by atomic mass is 16.4. The fraction of sp³-hybridized carbons (Fsp3) is 0.176. The lowest BCUT2D eigenvalue weighted by Crippen LogP contribution is -2.21. The predicted octanol–water partition coefficient (Wildman–Crippen LogP) is 2.30. The maximum atomic E-state index is 10.6. The molecule has 2 aromatic heterocycles. The van der Waals surface area contributed by atoms with Crippen molar-refractivity contribution in [1.29, 1.82) is 0 Å². The Bertz CT molecular complexity index is 763. The number of carboxylic acid groups (broad SMARTS) is 1. The van der Waals surface area contributed by atoms with Crippen LogP contribution in [0.1, 0.15) is 18.4 Å². The summed E-state index contributed by atoms with van der Waals surface area (Å²) in [6.07, 6.45) is 3.07. The van der Waals surface area contributed by atoms with Crippen LogP contribution in [0.25, 0.3) is 22.3 Å². The summed E-state index contributed by atoms with van der Waals surface area (Å²) in [5.74, 6) is -1.01. The number of carbonyl (C=O) groups is 1. The molecule has 3 aromatic rings. The number of H-pyrrole nitrogens is 1. The third-order valence-electron chi connectivity index (χ3n) is 3.54. The number of nitrogens with one attached hydrogen (secondary N) is 1. The molecule has 0 bridgehead atoms.